The third-order valence-corrected chi connectivity index (χ3v) is 2.64. The first-order valence-electron chi connectivity index (χ1n) is 5.72. The SMILES string of the molecule is CCCC(CC)NCc1nccn1C(F)F. The highest BCUT2D eigenvalue weighted by Gasteiger charge is 2.12. The van der Waals surface area contributed by atoms with Crippen molar-refractivity contribution < 1.29 is 8.78 Å². The molecule has 0 saturated carbocycles. The summed E-state index contributed by atoms with van der Waals surface area (Å²) in [6, 6.07) is 0.382. The summed E-state index contributed by atoms with van der Waals surface area (Å²) in [6.45, 7) is 2.10. The first-order chi connectivity index (χ1) is 7.69. The van der Waals surface area contributed by atoms with E-state index in [1.54, 1.807) is 0 Å². The fourth-order valence-electron chi connectivity index (χ4n) is 1.69. The van der Waals surface area contributed by atoms with Gasteiger partial charge in [-0.15, -0.1) is 0 Å². The average molecular weight is 231 g/mol. The van der Waals surface area contributed by atoms with Gasteiger partial charge in [-0.2, -0.15) is 8.78 Å². The molecule has 1 aromatic heterocycles. The molecule has 0 amide bonds. The van der Waals surface area contributed by atoms with E-state index in [4.69, 9.17) is 0 Å². The predicted molar refractivity (Wildman–Crippen MR) is 59.3 cm³/mol. The second-order valence-electron chi connectivity index (χ2n) is 3.80. The Bertz CT molecular complexity index is 299. The maximum absolute atomic E-state index is 12.5. The van der Waals surface area contributed by atoms with Crippen molar-refractivity contribution in [1.29, 1.82) is 0 Å². The van der Waals surface area contributed by atoms with Gasteiger partial charge in [-0.3, -0.25) is 4.57 Å². The van der Waals surface area contributed by atoms with Gasteiger partial charge in [0.1, 0.15) is 5.82 Å². The maximum Gasteiger partial charge on any atom is 0.319 e. The van der Waals surface area contributed by atoms with Crippen LogP contribution < -0.4 is 5.32 Å². The van der Waals surface area contributed by atoms with Gasteiger partial charge in [0.05, 0.1) is 6.54 Å². The normalized spacial score (nSPS) is 13.3. The number of nitrogens with one attached hydrogen (secondary N) is 1. The maximum atomic E-state index is 12.5. The molecule has 1 N–H and O–H groups in total. The van der Waals surface area contributed by atoms with Crippen LogP contribution in [0.4, 0.5) is 8.78 Å². The number of rotatable bonds is 7. The van der Waals surface area contributed by atoms with Gasteiger partial charge < -0.3 is 5.32 Å². The molecule has 5 heteroatoms. The average Bonchev–Trinajstić information content (AvgIpc) is 2.72. The second kappa shape index (κ2) is 6.58. The van der Waals surface area contributed by atoms with E-state index < -0.39 is 6.55 Å². The Hall–Kier alpha value is -0.970. The Kier molecular flexibility index (Phi) is 5.38. The number of hydrogen-bond donors (Lipinski definition) is 1. The minimum absolute atomic E-state index is 0.382. The van der Waals surface area contributed by atoms with Crippen LogP contribution in [0.25, 0.3) is 0 Å². The van der Waals surface area contributed by atoms with Crippen molar-refractivity contribution in [1.82, 2.24) is 14.9 Å². The molecule has 92 valence electrons. The van der Waals surface area contributed by atoms with E-state index in [0.717, 1.165) is 23.8 Å². The summed E-state index contributed by atoms with van der Waals surface area (Å²) < 4.78 is 25.9. The topological polar surface area (TPSA) is 29.9 Å². The highest BCUT2D eigenvalue weighted by Crippen LogP contribution is 2.12. The summed E-state index contributed by atoms with van der Waals surface area (Å²) >= 11 is 0. The monoisotopic (exact) mass is 231 g/mol. The van der Waals surface area contributed by atoms with Crippen LogP contribution in [0.3, 0.4) is 0 Å². The summed E-state index contributed by atoms with van der Waals surface area (Å²) in [5, 5.41) is 3.25. The smallest absolute Gasteiger partial charge is 0.307 e. The van der Waals surface area contributed by atoms with Crippen LogP contribution in [0.1, 0.15) is 45.5 Å². The number of aromatic nitrogens is 2. The molecule has 16 heavy (non-hydrogen) atoms. The molecule has 0 aliphatic rings. The standard InChI is InChI=1S/C11H19F2N3/c1-3-5-9(4-2)15-8-10-14-6-7-16(10)11(12)13/h6-7,9,11,15H,3-5,8H2,1-2H3. The van der Waals surface area contributed by atoms with Crippen LogP contribution in [0.15, 0.2) is 12.4 Å². The molecule has 1 aromatic rings. The first-order valence-corrected chi connectivity index (χ1v) is 5.72. The zero-order valence-electron chi connectivity index (χ0n) is 9.79. The molecule has 1 heterocycles. The fourth-order valence-corrected chi connectivity index (χ4v) is 1.69. The van der Waals surface area contributed by atoms with Crippen molar-refractivity contribution >= 4 is 0 Å². The van der Waals surface area contributed by atoms with Crippen LogP contribution >= 0.6 is 0 Å². The lowest BCUT2D eigenvalue weighted by molar-refractivity contribution is 0.0664. The number of nitrogens with zero attached hydrogens (tertiary/aromatic N) is 2. The van der Waals surface area contributed by atoms with E-state index in [9.17, 15) is 8.78 Å². The van der Waals surface area contributed by atoms with Gasteiger partial charge >= 0.3 is 6.55 Å². The lowest BCUT2D eigenvalue weighted by atomic mass is 10.1. The predicted octanol–water partition coefficient (Wildman–Crippen LogP) is 2.95. The van der Waals surface area contributed by atoms with E-state index in [1.807, 2.05) is 0 Å². The molecule has 0 fully saturated rings. The van der Waals surface area contributed by atoms with Gasteiger partial charge in [-0.05, 0) is 12.8 Å². The van der Waals surface area contributed by atoms with Crippen LogP contribution in [0.5, 0.6) is 0 Å². The van der Waals surface area contributed by atoms with Crippen LogP contribution in [-0.4, -0.2) is 15.6 Å². The molecular weight excluding hydrogens is 212 g/mol. The molecule has 0 radical (unpaired) electrons. The summed E-state index contributed by atoms with van der Waals surface area (Å²) in [6.07, 6.45) is 5.87. The third kappa shape index (κ3) is 3.56. The molecule has 1 atom stereocenters. The van der Waals surface area contributed by atoms with Crippen molar-refractivity contribution in [3.8, 4) is 0 Å². The van der Waals surface area contributed by atoms with E-state index in [0.29, 0.717) is 18.4 Å². The van der Waals surface area contributed by atoms with Crippen LogP contribution in [0, 0.1) is 0 Å². The van der Waals surface area contributed by atoms with E-state index in [-0.39, 0.29) is 0 Å². The minimum Gasteiger partial charge on any atom is -0.307 e. The lowest BCUT2D eigenvalue weighted by Gasteiger charge is -2.16. The molecule has 0 aromatic carbocycles. The molecule has 0 bridgehead atoms. The van der Waals surface area contributed by atoms with Gasteiger partial charge in [0, 0.05) is 18.4 Å². The van der Waals surface area contributed by atoms with Crippen LogP contribution in [0.2, 0.25) is 0 Å². The Balaban J connectivity index is 2.49. The van der Waals surface area contributed by atoms with E-state index >= 15 is 0 Å². The molecule has 0 spiro atoms. The number of halogens is 2. The summed E-state index contributed by atoms with van der Waals surface area (Å²) in [4.78, 5) is 3.92. The summed E-state index contributed by atoms with van der Waals surface area (Å²) in [7, 11) is 0. The molecule has 1 unspecified atom stereocenters. The van der Waals surface area contributed by atoms with Gasteiger partial charge in [-0.1, -0.05) is 20.3 Å². The second-order valence-corrected chi connectivity index (χ2v) is 3.80. The van der Waals surface area contributed by atoms with Crippen molar-refractivity contribution in [2.45, 2.75) is 52.2 Å². The van der Waals surface area contributed by atoms with Gasteiger partial charge in [0.15, 0.2) is 0 Å². The molecule has 3 nitrogen and oxygen atoms in total. The van der Waals surface area contributed by atoms with E-state index in [1.165, 1.54) is 12.4 Å². The number of hydrogen-bond acceptors (Lipinski definition) is 2. The fraction of sp³-hybridized carbons (Fsp3) is 0.727. The quantitative estimate of drug-likeness (QED) is 0.782. The Morgan fingerprint density at radius 1 is 1.44 bits per heavy atom. The van der Waals surface area contributed by atoms with Crippen molar-refractivity contribution in [3.05, 3.63) is 18.2 Å². The van der Waals surface area contributed by atoms with Crippen molar-refractivity contribution in [3.63, 3.8) is 0 Å². The number of alkyl halides is 2. The van der Waals surface area contributed by atoms with Crippen molar-refractivity contribution in [2.24, 2.45) is 0 Å². The van der Waals surface area contributed by atoms with Crippen molar-refractivity contribution in [2.75, 3.05) is 0 Å². The van der Waals surface area contributed by atoms with Gasteiger partial charge in [0.2, 0.25) is 0 Å². The van der Waals surface area contributed by atoms with Gasteiger partial charge in [0.25, 0.3) is 0 Å². The Morgan fingerprint density at radius 3 is 2.75 bits per heavy atom. The Labute approximate surface area is 94.9 Å². The number of imidazole rings is 1. The zero-order valence-corrected chi connectivity index (χ0v) is 9.79. The first kappa shape index (κ1) is 13.1. The zero-order chi connectivity index (χ0) is 12.0. The van der Waals surface area contributed by atoms with Gasteiger partial charge in [-0.25, -0.2) is 4.98 Å². The lowest BCUT2D eigenvalue weighted by Crippen LogP contribution is -2.29. The molecule has 0 saturated heterocycles. The highest BCUT2D eigenvalue weighted by atomic mass is 19.3. The third-order valence-electron chi connectivity index (χ3n) is 2.64. The summed E-state index contributed by atoms with van der Waals surface area (Å²) in [5.74, 6) is 0.393. The highest BCUT2D eigenvalue weighted by molar-refractivity contribution is 4.92. The van der Waals surface area contributed by atoms with E-state index in [2.05, 4.69) is 24.1 Å². The molecule has 0 aliphatic heterocycles. The molecule has 1 rings (SSSR count). The molecule has 0 aliphatic carbocycles. The summed E-state index contributed by atoms with van der Waals surface area (Å²) in [5.41, 5.74) is 0. The largest absolute Gasteiger partial charge is 0.319 e. The van der Waals surface area contributed by atoms with Crippen LogP contribution in [-0.2, 0) is 6.54 Å². The Morgan fingerprint density at radius 2 is 2.19 bits per heavy atom. The molecular formula is C11H19F2N3. The minimum atomic E-state index is -2.51.